The second kappa shape index (κ2) is 4.49. The minimum Gasteiger partial charge on any atom is -0.325 e. The molecule has 0 saturated carbocycles. The molecule has 0 spiro atoms. The van der Waals surface area contributed by atoms with Crippen molar-refractivity contribution in [2.75, 3.05) is 5.32 Å². The van der Waals surface area contributed by atoms with Gasteiger partial charge >= 0.3 is 0 Å². The molecule has 0 aliphatic carbocycles. The zero-order valence-corrected chi connectivity index (χ0v) is 10.7. The van der Waals surface area contributed by atoms with Crippen molar-refractivity contribution in [3.63, 3.8) is 0 Å². The van der Waals surface area contributed by atoms with Gasteiger partial charge in [0.15, 0.2) is 0 Å². The van der Waals surface area contributed by atoms with Crippen LogP contribution in [0.3, 0.4) is 0 Å². The quantitative estimate of drug-likeness (QED) is 0.842. The van der Waals surface area contributed by atoms with Gasteiger partial charge in [-0.15, -0.1) is 0 Å². The summed E-state index contributed by atoms with van der Waals surface area (Å²) in [5.74, 6) is 0.103. The molecule has 1 aliphatic heterocycles. The number of nitrogens with one attached hydrogen (secondary N) is 1. The van der Waals surface area contributed by atoms with Crippen LogP contribution < -0.4 is 11.1 Å². The predicted molar refractivity (Wildman–Crippen MR) is 70.1 cm³/mol. The van der Waals surface area contributed by atoms with Crippen LogP contribution in [0.1, 0.15) is 55.8 Å². The lowest BCUT2D eigenvalue weighted by Gasteiger charge is -2.14. The number of benzene rings is 1. The number of carbonyl (C=O) groups is 1. The highest BCUT2D eigenvalue weighted by Crippen LogP contribution is 2.39. The lowest BCUT2D eigenvalue weighted by atomic mass is 9.92. The number of anilines is 1. The third kappa shape index (κ3) is 1.95. The topological polar surface area (TPSA) is 55.1 Å². The fourth-order valence-electron chi connectivity index (χ4n) is 2.49. The van der Waals surface area contributed by atoms with Crippen molar-refractivity contribution < 1.29 is 4.79 Å². The van der Waals surface area contributed by atoms with Crippen LogP contribution in [0.4, 0.5) is 5.69 Å². The second-order valence-corrected chi connectivity index (χ2v) is 4.74. The number of nitrogens with two attached hydrogens (primary N) is 1. The summed E-state index contributed by atoms with van der Waals surface area (Å²) >= 11 is 0. The maximum absolute atomic E-state index is 11.9. The summed E-state index contributed by atoms with van der Waals surface area (Å²) in [5, 5.41) is 2.98. The van der Waals surface area contributed by atoms with E-state index in [2.05, 4.69) is 24.4 Å². The zero-order chi connectivity index (χ0) is 12.6. The molecule has 0 saturated heterocycles. The number of rotatable bonds is 3. The maximum atomic E-state index is 11.9. The molecule has 0 bridgehead atoms. The monoisotopic (exact) mass is 232 g/mol. The van der Waals surface area contributed by atoms with E-state index >= 15 is 0 Å². The Bertz CT molecular complexity index is 452. The van der Waals surface area contributed by atoms with E-state index in [9.17, 15) is 4.79 Å². The molecular formula is C14H20N2O. The Morgan fingerprint density at radius 1 is 1.41 bits per heavy atom. The first-order valence-corrected chi connectivity index (χ1v) is 6.31. The van der Waals surface area contributed by atoms with Gasteiger partial charge in [0, 0.05) is 11.7 Å². The lowest BCUT2D eigenvalue weighted by Crippen LogP contribution is -2.12. The van der Waals surface area contributed by atoms with Crippen LogP contribution >= 0.6 is 0 Å². The molecule has 1 aromatic rings. The van der Waals surface area contributed by atoms with Gasteiger partial charge in [-0.05, 0) is 36.5 Å². The molecule has 92 valence electrons. The van der Waals surface area contributed by atoms with Gasteiger partial charge in [0.25, 0.3) is 0 Å². The van der Waals surface area contributed by atoms with Crippen LogP contribution in [0.5, 0.6) is 0 Å². The molecular weight excluding hydrogens is 212 g/mol. The molecule has 0 aromatic heterocycles. The van der Waals surface area contributed by atoms with Crippen molar-refractivity contribution in [2.45, 2.75) is 45.6 Å². The fourth-order valence-corrected chi connectivity index (χ4v) is 2.49. The molecule has 1 heterocycles. The average Bonchev–Trinajstić information content (AvgIpc) is 2.62. The predicted octanol–water partition coefficient (Wildman–Crippen LogP) is 2.71. The number of hydrogen-bond donors (Lipinski definition) is 2. The van der Waals surface area contributed by atoms with Gasteiger partial charge in [-0.25, -0.2) is 0 Å². The van der Waals surface area contributed by atoms with Gasteiger partial charge in [0.05, 0.1) is 5.92 Å². The van der Waals surface area contributed by atoms with Crippen LogP contribution in [0, 0.1) is 0 Å². The molecule has 2 atom stereocenters. The number of amides is 1. The number of fused-ring (bicyclic) bond motifs is 1. The summed E-state index contributed by atoms with van der Waals surface area (Å²) in [6.07, 6.45) is 1.81. The fraction of sp³-hybridized carbons (Fsp3) is 0.500. The Labute approximate surface area is 102 Å². The third-order valence-corrected chi connectivity index (χ3v) is 3.51. The Morgan fingerprint density at radius 3 is 2.65 bits per heavy atom. The van der Waals surface area contributed by atoms with E-state index in [1.807, 2.05) is 13.8 Å². The van der Waals surface area contributed by atoms with Crippen LogP contribution in [-0.2, 0) is 11.2 Å². The summed E-state index contributed by atoms with van der Waals surface area (Å²) in [5.41, 5.74) is 10.4. The Hall–Kier alpha value is -1.35. The van der Waals surface area contributed by atoms with Crippen molar-refractivity contribution in [1.29, 1.82) is 0 Å². The summed E-state index contributed by atoms with van der Waals surface area (Å²) in [7, 11) is 0. The lowest BCUT2D eigenvalue weighted by molar-refractivity contribution is -0.117. The highest BCUT2D eigenvalue weighted by Gasteiger charge is 2.31. The van der Waals surface area contributed by atoms with Gasteiger partial charge in [0.1, 0.15) is 0 Å². The Balaban J connectivity index is 2.59. The highest BCUT2D eigenvalue weighted by atomic mass is 16.2. The SMILES string of the molecule is CCc1cc(C(C)N)c2c(c1)C(CC)C(=O)N2. The van der Waals surface area contributed by atoms with E-state index in [0.717, 1.165) is 29.7 Å². The largest absolute Gasteiger partial charge is 0.325 e. The minimum absolute atomic E-state index is 0.00556. The van der Waals surface area contributed by atoms with Crippen molar-refractivity contribution in [2.24, 2.45) is 5.73 Å². The first-order valence-electron chi connectivity index (χ1n) is 6.31. The molecule has 0 radical (unpaired) electrons. The van der Waals surface area contributed by atoms with Gasteiger partial charge in [-0.3, -0.25) is 4.79 Å². The minimum atomic E-state index is -0.0499. The molecule has 3 N–H and O–H groups in total. The summed E-state index contributed by atoms with van der Waals surface area (Å²) < 4.78 is 0. The molecule has 3 nitrogen and oxygen atoms in total. The van der Waals surface area contributed by atoms with Gasteiger partial charge in [-0.1, -0.05) is 26.0 Å². The van der Waals surface area contributed by atoms with Crippen LogP contribution in [0.15, 0.2) is 12.1 Å². The first-order chi connectivity index (χ1) is 8.08. The van der Waals surface area contributed by atoms with E-state index in [-0.39, 0.29) is 17.9 Å². The van der Waals surface area contributed by atoms with Crippen LogP contribution in [0.25, 0.3) is 0 Å². The normalized spacial score (nSPS) is 20.0. The Kier molecular flexibility index (Phi) is 3.20. The van der Waals surface area contributed by atoms with Gasteiger partial charge < -0.3 is 11.1 Å². The number of hydrogen-bond acceptors (Lipinski definition) is 2. The van der Waals surface area contributed by atoms with E-state index in [1.165, 1.54) is 5.56 Å². The molecule has 1 aliphatic rings. The number of carbonyl (C=O) groups excluding carboxylic acids is 1. The van der Waals surface area contributed by atoms with Crippen LogP contribution in [0.2, 0.25) is 0 Å². The summed E-state index contributed by atoms with van der Waals surface area (Å²) in [4.78, 5) is 11.9. The molecule has 1 amide bonds. The smallest absolute Gasteiger partial charge is 0.232 e. The van der Waals surface area contributed by atoms with Crippen molar-refractivity contribution in [3.8, 4) is 0 Å². The van der Waals surface area contributed by atoms with Crippen LogP contribution in [-0.4, -0.2) is 5.91 Å². The molecule has 1 aromatic carbocycles. The van der Waals surface area contributed by atoms with Gasteiger partial charge in [0.2, 0.25) is 5.91 Å². The average molecular weight is 232 g/mol. The molecule has 2 unspecified atom stereocenters. The van der Waals surface area contributed by atoms with Crippen molar-refractivity contribution in [1.82, 2.24) is 0 Å². The van der Waals surface area contributed by atoms with E-state index in [4.69, 9.17) is 5.73 Å². The van der Waals surface area contributed by atoms with Crippen molar-refractivity contribution in [3.05, 3.63) is 28.8 Å². The zero-order valence-electron chi connectivity index (χ0n) is 10.7. The third-order valence-electron chi connectivity index (χ3n) is 3.51. The summed E-state index contributed by atoms with van der Waals surface area (Å²) in [6.45, 7) is 6.13. The van der Waals surface area contributed by atoms with E-state index < -0.39 is 0 Å². The maximum Gasteiger partial charge on any atom is 0.232 e. The summed E-state index contributed by atoms with van der Waals surface area (Å²) in [6, 6.07) is 4.21. The molecule has 3 heteroatoms. The second-order valence-electron chi connectivity index (χ2n) is 4.74. The first kappa shape index (κ1) is 12.1. The molecule has 0 fully saturated rings. The Morgan fingerprint density at radius 2 is 2.12 bits per heavy atom. The molecule has 2 rings (SSSR count). The standard InChI is InChI=1S/C14H20N2O/c1-4-9-6-11(8(3)15)13-12(7-9)10(5-2)14(17)16-13/h6-8,10H,4-5,15H2,1-3H3,(H,16,17). The van der Waals surface area contributed by atoms with E-state index in [1.54, 1.807) is 0 Å². The highest BCUT2D eigenvalue weighted by molar-refractivity contribution is 6.03. The van der Waals surface area contributed by atoms with Crippen molar-refractivity contribution >= 4 is 11.6 Å². The molecule has 17 heavy (non-hydrogen) atoms. The number of aryl methyl sites for hydroxylation is 1. The van der Waals surface area contributed by atoms with E-state index in [0.29, 0.717) is 0 Å². The van der Waals surface area contributed by atoms with Gasteiger partial charge in [-0.2, -0.15) is 0 Å².